The molecular formula is C27H29IO5. The van der Waals surface area contributed by atoms with Crippen molar-refractivity contribution in [1.29, 1.82) is 0 Å². The fourth-order valence-electron chi connectivity index (χ4n) is 3.78. The highest BCUT2D eigenvalue weighted by molar-refractivity contribution is 14.1. The number of benzene rings is 3. The van der Waals surface area contributed by atoms with Crippen molar-refractivity contribution in [2.75, 3.05) is 6.61 Å². The van der Waals surface area contributed by atoms with Crippen LogP contribution in [-0.2, 0) is 38.8 Å². The Labute approximate surface area is 208 Å². The lowest BCUT2D eigenvalue weighted by atomic mass is 10.1. The van der Waals surface area contributed by atoms with E-state index in [0.717, 1.165) is 16.7 Å². The minimum atomic E-state index is -0.973. The Balaban J connectivity index is 1.53. The molecule has 6 heteroatoms. The first-order valence-corrected chi connectivity index (χ1v) is 12.4. The van der Waals surface area contributed by atoms with Crippen molar-refractivity contribution in [3.8, 4) is 0 Å². The van der Waals surface area contributed by atoms with Crippen molar-refractivity contribution >= 4 is 22.6 Å². The number of aliphatic hydroxyl groups excluding tert-OH is 1. The highest BCUT2D eigenvalue weighted by Crippen LogP contribution is 2.29. The summed E-state index contributed by atoms with van der Waals surface area (Å²) in [5.74, 6) is 0. The van der Waals surface area contributed by atoms with Crippen LogP contribution in [0, 0.1) is 0 Å². The predicted molar refractivity (Wildman–Crippen MR) is 135 cm³/mol. The molecule has 3 aromatic carbocycles. The first-order chi connectivity index (χ1) is 16.2. The summed E-state index contributed by atoms with van der Waals surface area (Å²) in [7, 11) is 0. The third kappa shape index (κ3) is 7.09. The van der Waals surface area contributed by atoms with Gasteiger partial charge in [0.05, 0.1) is 30.4 Å². The fourth-order valence-corrected chi connectivity index (χ4v) is 4.60. The van der Waals surface area contributed by atoms with Crippen LogP contribution < -0.4 is 0 Å². The summed E-state index contributed by atoms with van der Waals surface area (Å²) >= 11 is 2.20. The van der Waals surface area contributed by atoms with Crippen LogP contribution in [0.4, 0.5) is 0 Å². The molecule has 0 aromatic heterocycles. The summed E-state index contributed by atoms with van der Waals surface area (Å²) in [5.41, 5.74) is 3.19. The highest BCUT2D eigenvalue weighted by atomic mass is 127. The van der Waals surface area contributed by atoms with E-state index in [1.54, 1.807) is 0 Å². The number of hydrogen-bond donors (Lipinski definition) is 1. The lowest BCUT2D eigenvalue weighted by Gasteiger charge is -2.33. The Morgan fingerprint density at radius 1 is 0.667 bits per heavy atom. The topological polar surface area (TPSA) is 57.2 Å². The second-order valence-corrected chi connectivity index (χ2v) is 9.46. The van der Waals surface area contributed by atoms with E-state index in [9.17, 15) is 5.11 Å². The van der Waals surface area contributed by atoms with Crippen LogP contribution in [0.3, 0.4) is 0 Å². The maximum Gasteiger partial charge on any atom is 0.169 e. The molecule has 1 aliphatic rings. The third-order valence-corrected chi connectivity index (χ3v) is 6.91. The van der Waals surface area contributed by atoms with E-state index in [2.05, 4.69) is 22.6 Å². The zero-order valence-electron chi connectivity index (χ0n) is 18.3. The predicted octanol–water partition coefficient (Wildman–Crippen LogP) is 4.89. The molecule has 174 valence electrons. The van der Waals surface area contributed by atoms with Gasteiger partial charge in [0.1, 0.15) is 18.3 Å². The maximum absolute atomic E-state index is 10.6. The first-order valence-electron chi connectivity index (χ1n) is 11.1. The zero-order valence-corrected chi connectivity index (χ0v) is 20.5. The van der Waals surface area contributed by atoms with Crippen LogP contribution in [0.5, 0.6) is 0 Å². The van der Waals surface area contributed by atoms with Crippen LogP contribution >= 0.6 is 22.6 Å². The van der Waals surface area contributed by atoms with E-state index in [1.165, 1.54) is 0 Å². The average Bonchev–Trinajstić information content (AvgIpc) is 2.98. The molecule has 1 N–H and O–H groups in total. The van der Waals surface area contributed by atoms with E-state index >= 15 is 0 Å². The van der Waals surface area contributed by atoms with Gasteiger partial charge in [-0.15, -0.1) is 0 Å². The van der Waals surface area contributed by atoms with Gasteiger partial charge in [-0.1, -0.05) is 114 Å². The molecule has 0 radical (unpaired) electrons. The molecule has 4 rings (SSSR count). The zero-order chi connectivity index (χ0) is 22.9. The van der Waals surface area contributed by atoms with E-state index in [-0.39, 0.29) is 10.5 Å². The Bertz CT molecular complexity index is 941. The maximum atomic E-state index is 10.6. The van der Waals surface area contributed by atoms with Gasteiger partial charge in [0.25, 0.3) is 0 Å². The molecule has 0 bridgehead atoms. The van der Waals surface area contributed by atoms with Crippen LogP contribution in [0.1, 0.15) is 16.7 Å². The van der Waals surface area contributed by atoms with Gasteiger partial charge in [0, 0.05) is 0 Å². The fraction of sp³-hybridized carbons (Fsp3) is 0.333. The molecule has 33 heavy (non-hydrogen) atoms. The average molecular weight is 560 g/mol. The Hall–Kier alpha value is -1.81. The second kappa shape index (κ2) is 12.6. The van der Waals surface area contributed by atoms with Gasteiger partial charge in [-0.05, 0) is 16.7 Å². The van der Waals surface area contributed by atoms with Crippen LogP contribution in [0.25, 0.3) is 0 Å². The summed E-state index contributed by atoms with van der Waals surface area (Å²) in [4.78, 5) is 0. The molecule has 5 nitrogen and oxygen atoms in total. The van der Waals surface area contributed by atoms with Crippen molar-refractivity contribution in [2.24, 2.45) is 0 Å². The molecule has 5 atom stereocenters. The second-order valence-electron chi connectivity index (χ2n) is 8.03. The van der Waals surface area contributed by atoms with E-state index in [0.29, 0.717) is 19.8 Å². The quantitative estimate of drug-likeness (QED) is 0.298. The number of aliphatic hydroxyl groups is 1. The Morgan fingerprint density at radius 3 is 1.58 bits per heavy atom. The number of alkyl halides is 1. The molecule has 1 fully saturated rings. The summed E-state index contributed by atoms with van der Waals surface area (Å²) in [6.45, 7) is 1.47. The van der Waals surface area contributed by atoms with Gasteiger partial charge in [-0.2, -0.15) is 0 Å². The lowest BCUT2D eigenvalue weighted by molar-refractivity contribution is -0.151. The molecule has 1 saturated heterocycles. The van der Waals surface area contributed by atoms with Crippen molar-refractivity contribution in [1.82, 2.24) is 0 Å². The molecule has 1 heterocycles. The summed E-state index contributed by atoms with van der Waals surface area (Å²) in [6.07, 6.45) is -2.21. The van der Waals surface area contributed by atoms with Crippen molar-refractivity contribution in [2.45, 2.75) is 48.3 Å². The summed E-state index contributed by atoms with van der Waals surface area (Å²) < 4.78 is 24.5. The molecule has 0 aliphatic carbocycles. The third-order valence-electron chi connectivity index (χ3n) is 5.59. The van der Waals surface area contributed by atoms with E-state index < -0.39 is 24.6 Å². The first kappa shape index (κ1) is 24.3. The lowest BCUT2D eigenvalue weighted by Crippen LogP contribution is -2.47. The summed E-state index contributed by atoms with van der Waals surface area (Å²) in [6, 6.07) is 30.0. The smallest absolute Gasteiger partial charge is 0.169 e. The van der Waals surface area contributed by atoms with Gasteiger partial charge < -0.3 is 24.1 Å². The van der Waals surface area contributed by atoms with Gasteiger partial charge >= 0.3 is 0 Å². The highest BCUT2D eigenvalue weighted by Gasteiger charge is 2.43. The van der Waals surface area contributed by atoms with Crippen LogP contribution in [0.15, 0.2) is 91.0 Å². The molecule has 0 saturated carbocycles. The van der Waals surface area contributed by atoms with Gasteiger partial charge in [-0.25, -0.2) is 0 Å². The van der Waals surface area contributed by atoms with Crippen molar-refractivity contribution < 1.29 is 24.1 Å². The molecular weight excluding hydrogens is 531 g/mol. The number of rotatable bonds is 9. The molecule has 0 amide bonds. The Kier molecular flexibility index (Phi) is 9.28. The summed E-state index contributed by atoms with van der Waals surface area (Å²) in [5, 5.41) is 10.6. The van der Waals surface area contributed by atoms with Crippen molar-refractivity contribution in [3.05, 3.63) is 108 Å². The normalized spacial score (nSPS) is 25.5. The number of halogens is 1. The molecule has 0 spiro atoms. The Morgan fingerprint density at radius 2 is 1.09 bits per heavy atom. The largest absolute Gasteiger partial charge is 0.369 e. The monoisotopic (exact) mass is 560 g/mol. The van der Waals surface area contributed by atoms with Gasteiger partial charge in [0.2, 0.25) is 0 Å². The van der Waals surface area contributed by atoms with E-state index in [1.807, 2.05) is 91.0 Å². The van der Waals surface area contributed by atoms with Crippen molar-refractivity contribution in [3.63, 3.8) is 0 Å². The number of hydrogen-bond acceptors (Lipinski definition) is 5. The standard InChI is InChI=1S/C27H29IO5/c28-24-26(32-18-22-14-8-3-9-15-22)25(31-17-21-12-6-2-7-13-21)23(19-33-27(24)29)30-16-20-10-4-1-5-11-20/h1-15,23-27,29H,16-19H2/t23-,24+,25+,26+,27+/m1/s1. The van der Waals surface area contributed by atoms with Crippen LogP contribution in [-0.4, -0.2) is 40.2 Å². The SMILES string of the molecule is O[C@H]1OC[C@@H](OCc2ccccc2)[C@H](OCc2ccccc2)[C@@H](OCc2ccccc2)[C@@H]1I. The van der Waals surface area contributed by atoms with Crippen LogP contribution in [0.2, 0.25) is 0 Å². The molecule has 3 aromatic rings. The molecule has 1 aliphatic heterocycles. The minimum absolute atomic E-state index is 0.220. The minimum Gasteiger partial charge on any atom is -0.369 e. The molecule has 0 unspecified atom stereocenters. The number of ether oxygens (including phenoxy) is 4. The van der Waals surface area contributed by atoms with Gasteiger partial charge in [-0.3, -0.25) is 0 Å². The van der Waals surface area contributed by atoms with E-state index in [4.69, 9.17) is 18.9 Å². The van der Waals surface area contributed by atoms with Gasteiger partial charge in [0.15, 0.2) is 6.29 Å².